The molecule has 1 fully saturated rings. The van der Waals surface area contributed by atoms with Gasteiger partial charge in [0.15, 0.2) is 11.5 Å². The van der Waals surface area contributed by atoms with E-state index in [4.69, 9.17) is 10.7 Å². The lowest BCUT2D eigenvalue weighted by atomic mass is 10.0. The lowest BCUT2D eigenvalue weighted by Gasteiger charge is -2.11. The Hall–Kier alpha value is -3.39. The maximum absolute atomic E-state index is 12.6. The second-order valence-electron chi connectivity index (χ2n) is 7.76. The first-order chi connectivity index (χ1) is 15.0. The molecule has 8 heteroatoms. The molecule has 2 aromatic heterocycles. The molecular weight excluding hydrogens is 410 g/mol. The molecule has 1 aliphatic rings. The molecule has 0 amide bonds. The van der Waals surface area contributed by atoms with E-state index in [0.29, 0.717) is 24.0 Å². The highest BCUT2D eigenvalue weighted by molar-refractivity contribution is 7.92. The zero-order valence-corrected chi connectivity index (χ0v) is 17.9. The Labute approximate surface area is 181 Å². The maximum atomic E-state index is 12.6. The van der Waals surface area contributed by atoms with E-state index < -0.39 is 10.0 Å². The summed E-state index contributed by atoms with van der Waals surface area (Å²) < 4.78 is 29.7. The van der Waals surface area contributed by atoms with E-state index in [1.165, 1.54) is 0 Å². The number of rotatable bonds is 6. The number of sulfonamides is 1. The van der Waals surface area contributed by atoms with Crippen molar-refractivity contribution in [2.24, 2.45) is 0 Å². The van der Waals surface area contributed by atoms with Crippen molar-refractivity contribution in [2.45, 2.75) is 37.1 Å². The van der Waals surface area contributed by atoms with Gasteiger partial charge in [0, 0.05) is 23.8 Å². The Morgan fingerprint density at radius 3 is 2.45 bits per heavy atom. The highest BCUT2D eigenvalue weighted by atomic mass is 32.2. The number of nitrogen functional groups attached to an aromatic ring is 1. The van der Waals surface area contributed by atoms with Crippen molar-refractivity contribution >= 4 is 32.6 Å². The summed E-state index contributed by atoms with van der Waals surface area (Å²) in [6.07, 6.45) is 2.29. The van der Waals surface area contributed by atoms with Crippen LogP contribution in [0.2, 0.25) is 0 Å². The SMILES string of the molecule is CCn1nc(N)c2c(-c3ccc(NS(=O)(=O)c4ccccc4)cc3)cc(C3CC3)nc21. The molecule has 4 aromatic rings. The summed E-state index contributed by atoms with van der Waals surface area (Å²) in [5, 5.41) is 5.29. The number of hydrogen-bond acceptors (Lipinski definition) is 5. The number of aryl methyl sites for hydroxylation is 1. The van der Waals surface area contributed by atoms with Crippen molar-refractivity contribution in [3.05, 3.63) is 66.4 Å². The Bertz CT molecular complexity index is 1360. The highest BCUT2D eigenvalue weighted by Gasteiger charge is 2.27. The number of fused-ring (bicyclic) bond motifs is 1. The maximum Gasteiger partial charge on any atom is 0.261 e. The van der Waals surface area contributed by atoms with Gasteiger partial charge in [-0.2, -0.15) is 5.10 Å². The Balaban J connectivity index is 1.53. The van der Waals surface area contributed by atoms with Gasteiger partial charge < -0.3 is 5.73 Å². The molecule has 1 saturated carbocycles. The third-order valence-corrected chi connectivity index (χ3v) is 6.94. The van der Waals surface area contributed by atoms with Gasteiger partial charge in [-0.15, -0.1) is 0 Å². The Morgan fingerprint density at radius 1 is 1.10 bits per heavy atom. The van der Waals surface area contributed by atoms with Crippen molar-refractivity contribution < 1.29 is 8.42 Å². The normalized spacial score (nSPS) is 14.1. The second kappa shape index (κ2) is 7.39. The minimum atomic E-state index is -3.64. The average molecular weight is 434 g/mol. The fraction of sp³-hybridized carbons (Fsp3) is 0.217. The number of pyridine rings is 1. The van der Waals surface area contributed by atoms with Crippen LogP contribution in [0.25, 0.3) is 22.2 Å². The number of nitrogens with zero attached hydrogens (tertiary/aromatic N) is 3. The summed E-state index contributed by atoms with van der Waals surface area (Å²) in [6, 6.07) is 17.7. The molecule has 3 N–H and O–H groups in total. The monoisotopic (exact) mass is 433 g/mol. The minimum absolute atomic E-state index is 0.226. The third-order valence-electron chi connectivity index (χ3n) is 5.55. The summed E-state index contributed by atoms with van der Waals surface area (Å²) in [4.78, 5) is 5.07. The number of aromatic nitrogens is 3. The summed E-state index contributed by atoms with van der Waals surface area (Å²) in [6.45, 7) is 2.71. The number of nitrogens with two attached hydrogens (primary N) is 1. The fourth-order valence-electron chi connectivity index (χ4n) is 3.79. The molecule has 0 aliphatic heterocycles. The average Bonchev–Trinajstić information content (AvgIpc) is 3.58. The summed E-state index contributed by atoms with van der Waals surface area (Å²) in [5.41, 5.74) is 10.5. The van der Waals surface area contributed by atoms with Crippen molar-refractivity contribution in [1.82, 2.24) is 14.8 Å². The summed E-state index contributed by atoms with van der Waals surface area (Å²) in [5.74, 6) is 0.942. The lowest BCUT2D eigenvalue weighted by molar-refractivity contribution is 0.601. The topological polar surface area (TPSA) is 103 Å². The van der Waals surface area contributed by atoms with Crippen LogP contribution in [0.4, 0.5) is 11.5 Å². The Kier molecular flexibility index (Phi) is 4.66. The molecule has 7 nitrogen and oxygen atoms in total. The van der Waals surface area contributed by atoms with Crippen molar-refractivity contribution in [3.8, 4) is 11.1 Å². The molecule has 0 saturated heterocycles. The van der Waals surface area contributed by atoms with E-state index in [0.717, 1.165) is 40.7 Å². The van der Waals surface area contributed by atoms with Crippen LogP contribution in [0, 0.1) is 0 Å². The van der Waals surface area contributed by atoms with E-state index >= 15 is 0 Å². The number of anilines is 2. The van der Waals surface area contributed by atoms with Gasteiger partial charge in [0.1, 0.15) is 0 Å². The first-order valence-electron chi connectivity index (χ1n) is 10.3. The summed E-state index contributed by atoms with van der Waals surface area (Å²) in [7, 11) is -3.64. The minimum Gasteiger partial charge on any atom is -0.382 e. The van der Waals surface area contributed by atoms with Crippen LogP contribution in [0.1, 0.15) is 31.4 Å². The second-order valence-corrected chi connectivity index (χ2v) is 9.45. The molecule has 31 heavy (non-hydrogen) atoms. The van der Waals surface area contributed by atoms with Gasteiger partial charge in [-0.3, -0.25) is 4.72 Å². The lowest BCUT2D eigenvalue weighted by Crippen LogP contribution is -2.12. The van der Waals surface area contributed by atoms with Crippen LogP contribution in [-0.4, -0.2) is 23.2 Å². The van der Waals surface area contributed by atoms with Gasteiger partial charge in [-0.1, -0.05) is 30.3 Å². The fourth-order valence-corrected chi connectivity index (χ4v) is 4.87. The van der Waals surface area contributed by atoms with E-state index in [2.05, 4.69) is 15.9 Å². The van der Waals surface area contributed by atoms with E-state index in [-0.39, 0.29) is 4.90 Å². The zero-order valence-electron chi connectivity index (χ0n) is 17.1. The molecule has 0 unspecified atom stereocenters. The molecule has 2 heterocycles. The first kappa shape index (κ1) is 19.6. The quantitative estimate of drug-likeness (QED) is 0.470. The highest BCUT2D eigenvalue weighted by Crippen LogP contribution is 2.42. The molecule has 158 valence electrons. The molecule has 0 spiro atoms. The molecule has 0 atom stereocenters. The van der Waals surface area contributed by atoms with Crippen molar-refractivity contribution in [1.29, 1.82) is 0 Å². The largest absolute Gasteiger partial charge is 0.382 e. The van der Waals surface area contributed by atoms with Crippen molar-refractivity contribution in [2.75, 3.05) is 10.5 Å². The molecule has 2 aromatic carbocycles. The number of benzene rings is 2. The predicted molar refractivity (Wildman–Crippen MR) is 122 cm³/mol. The van der Waals surface area contributed by atoms with E-state index in [1.54, 1.807) is 42.5 Å². The van der Waals surface area contributed by atoms with Gasteiger partial charge in [0.25, 0.3) is 10.0 Å². The molecular formula is C23H23N5O2S. The van der Waals surface area contributed by atoms with E-state index in [1.807, 2.05) is 23.7 Å². The molecule has 0 radical (unpaired) electrons. The van der Waals surface area contributed by atoms with E-state index in [9.17, 15) is 8.42 Å². The van der Waals surface area contributed by atoms with Gasteiger partial charge in [-0.05, 0) is 61.2 Å². The number of hydrogen-bond donors (Lipinski definition) is 2. The van der Waals surface area contributed by atoms with Gasteiger partial charge in [-0.25, -0.2) is 18.1 Å². The summed E-state index contributed by atoms with van der Waals surface area (Å²) >= 11 is 0. The van der Waals surface area contributed by atoms with Gasteiger partial charge in [0.2, 0.25) is 0 Å². The van der Waals surface area contributed by atoms with Crippen LogP contribution in [0.5, 0.6) is 0 Å². The molecule has 0 bridgehead atoms. The van der Waals surface area contributed by atoms with Crippen molar-refractivity contribution in [3.63, 3.8) is 0 Å². The molecule has 1 aliphatic carbocycles. The molecule has 5 rings (SSSR count). The van der Waals surface area contributed by atoms with Crippen LogP contribution in [-0.2, 0) is 16.6 Å². The van der Waals surface area contributed by atoms with Crippen LogP contribution in [0.15, 0.2) is 65.6 Å². The van der Waals surface area contributed by atoms with Gasteiger partial charge >= 0.3 is 0 Å². The third kappa shape index (κ3) is 3.63. The Morgan fingerprint density at radius 2 is 1.81 bits per heavy atom. The number of nitrogens with one attached hydrogen (secondary N) is 1. The smallest absolute Gasteiger partial charge is 0.261 e. The zero-order chi connectivity index (χ0) is 21.6. The van der Waals surface area contributed by atoms with Gasteiger partial charge in [0.05, 0.1) is 10.3 Å². The predicted octanol–water partition coefficient (Wildman–Crippen LogP) is 4.38. The standard InChI is InChI=1S/C23H23N5O2S/c1-2-28-23-21(22(24)26-28)19(14-20(25-23)16-8-9-16)15-10-12-17(13-11-15)27-31(29,30)18-6-4-3-5-7-18/h3-7,10-14,16,27H,2,8-9H2,1H3,(H2,24,26). The van der Waals surface area contributed by atoms with Crippen LogP contribution >= 0.6 is 0 Å². The van der Waals surface area contributed by atoms with Crippen LogP contribution in [0.3, 0.4) is 0 Å². The van der Waals surface area contributed by atoms with Crippen LogP contribution < -0.4 is 10.5 Å². The first-order valence-corrected chi connectivity index (χ1v) is 11.8.